The molecular weight excluding hydrogens is 198 g/mol. The summed E-state index contributed by atoms with van der Waals surface area (Å²) in [5.41, 5.74) is 5.10. The summed E-state index contributed by atoms with van der Waals surface area (Å²) in [6, 6.07) is 2.57. The SMILES string of the molecule is C#CC(C)Oc1ccc([N+](=O)[O-])c(N)n1. The molecule has 0 aliphatic heterocycles. The summed E-state index contributed by atoms with van der Waals surface area (Å²) < 4.78 is 5.13. The molecule has 6 heteroatoms. The first-order valence-electron chi connectivity index (χ1n) is 4.08. The Morgan fingerprint density at radius 2 is 2.40 bits per heavy atom. The topological polar surface area (TPSA) is 91.3 Å². The van der Waals surface area contributed by atoms with Crippen molar-refractivity contribution >= 4 is 11.5 Å². The van der Waals surface area contributed by atoms with Crippen LogP contribution < -0.4 is 10.5 Å². The molecule has 2 N–H and O–H groups in total. The number of nitrogens with zero attached hydrogens (tertiary/aromatic N) is 2. The predicted octanol–water partition coefficient (Wildman–Crippen LogP) is 0.972. The second kappa shape index (κ2) is 4.28. The lowest BCUT2D eigenvalue weighted by Gasteiger charge is -2.07. The van der Waals surface area contributed by atoms with Gasteiger partial charge in [0.1, 0.15) is 0 Å². The van der Waals surface area contributed by atoms with Crippen LogP contribution in [0.1, 0.15) is 6.92 Å². The summed E-state index contributed by atoms with van der Waals surface area (Å²) in [5, 5.41) is 10.4. The first-order valence-corrected chi connectivity index (χ1v) is 4.08. The predicted molar refractivity (Wildman–Crippen MR) is 54.2 cm³/mol. The van der Waals surface area contributed by atoms with E-state index in [1.54, 1.807) is 6.92 Å². The second-order valence-electron chi connectivity index (χ2n) is 2.74. The number of terminal acetylenes is 1. The molecule has 78 valence electrons. The average Bonchev–Trinajstić information content (AvgIpc) is 2.17. The third-order valence-corrected chi connectivity index (χ3v) is 1.61. The number of rotatable bonds is 3. The van der Waals surface area contributed by atoms with Crippen LogP contribution in [0.15, 0.2) is 12.1 Å². The lowest BCUT2D eigenvalue weighted by molar-refractivity contribution is -0.384. The van der Waals surface area contributed by atoms with Crippen molar-refractivity contribution in [1.82, 2.24) is 4.98 Å². The molecule has 1 rings (SSSR count). The van der Waals surface area contributed by atoms with E-state index in [9.17, 15) is 10.1 Å². The lowest BCUT2D eigenvalue weighted by Crippen LogP contribution is -2.10. The Hall–Kier alpha value is -2.29. The Bertz CT molecular complexity index is 425. The molecule has 1 aromatic heterocycles. The normalized spacial score (nSPS) is 11.5. The molecular formula is C9H9N3O3. The maximum atomic E-state index is 10.4. The van der Waals surface area contributed by atoms with E-state index in [0.717, 1.165) is 0 Å². The van der Waals surface area contributed by atoms with Crippen molar-refractivity contribution in [1.29, 1.82) is 0 Å². The lowest BCUT2D eigenvalue weighted by atomic mass is 10.4. The Morgan fingerprint density at radius 3 is 2.87 bits per heavy atom. The van der Waals surface area contributed by atoms with Gasteiger partial charge in [-0.2, -0.15) is 4.98 Å². The highest BCUT2D eigenvalue weighted by Gasteiger charge is 2.13. The van der Waals surface area contributed by atoms with Crippen LogP contribution in [0.2, 0.25) is 0 Å². The molecule has 0 radical (unpaired) electrons. The van der Waals surface area contributed by atoms with Gasteiger partial charge in [-0.15, -0.1) is 6.42 Å². The van der Waals surface area contributed by atoms with Crippen LogP contribution >= 0.6 is 0 Å². The van der Waals surface area contributed by atoms with Crippen molar-refractivity contribution in [3.05, 3.63) is 22.2 Å². The smallest absolute Gasteiger partial charge is 0.311 e. The molecule has 1 aromatic rings. The molecule has 0 aromatic carbocycles. The van der Waals surface area contributed by atoms with E-state index in [2.05, 4.69) is 10.9 Å². The first kappa shape index (κ1) is 10.8. The molecule has 0 saturated carbocycles. The molecule has 15 heavy (non-hydrogen) atoms. The van der Waals surface area contributed by atoms with Gasteiger partial charge in [-0.1, -0.05) is 5.92 Å². The minimum Gasteiger partial charge on any atom is -0.461 e. The van der Waals surface area contributed by atoms with Crippen LogP contribution in [0, 0.1) is 22.5 Å². The third-order valence-electron chi connectivity index (χ3n) is 1.61. The van der Waals surface area contributed by atoms with E-state index in [-0.39, 0.29) is 17.4 Å². The molecule has 1 heterocycles. The summed E-state index contributed by atoms with van der Waals surface area (Å²) in [6.07, 6.45) is 4.63. The number of pyridine rings is 1. The van der Waals surface area contributed by atoms with Gasteiger partial charge in [0.25, 0.3) is 0 Å². The highest BCUT2D eigenvalue weighted by molar-refractivity contribution is 5.53. The van der Waals surface area contributed by atoms with Crippen LogP contribution in [0.4, 0.5) is 11.5 Å². The Balaban J connectivity index is 2.93. The zero-order chi connectivity index (χ0) is 11.4. The Kier molecular flexibility index (Phi) is 3.08. The maximum absolute atomic E-state index is 10.4. The fourth-order valence-corrected chi connectivity index (χ4v) is 0.884. The molecule has 0 amide bonds. The minimum absolute atomic E-state index is 0.170. The second-order valence-corrected chi connectivity index (χ2v) is 2.74. The van der Waals surface area contributed by atoms with Crippen LogP contribution in [0.5, 0.6) is 5.88 Å². The summed E-state index contributed by atoms with van der Waals surface area (Å²) in [5.74, 6) is 2.31. The van der Waals surface area contributed by atoms with Gasteiger partial charge >= 0.3 is 5.69 Å². The molecule has 0 aliphatic carbocycles. The number of ether oxygens (including phenoxy) is 1. The van der Waals surface area contributed by atoms with Crippen molar-refractivity contribution in [3.8, 4) is 18.2 Å². The number of anilines is 1. The number of hydrogen-bond acceptors (Lipinski definition) is 5. The van der Waals surface area contributed by atoms with E-state index < -0.39 is 11.0 Å². The van der Waals surface area contributed by atoms with Gasteiger partial charge in [0, 0.05) is 12.1 Å². The van der Waals surface area contributed by atoms with Crippen molar-refractivity contribution in [2.45, 2.75) is 13.0 Å². The van der Waals surface area contributed by atoms with Gasteiger partial charge in [0.2, 0.25) is 11.7 Å². The molecule has 0 bridgehead atoms. The summed E-state index contributed by atoms with van der Waals surface area (Å²) in [6.45, 7) is 1.65. The zero-order valence-corrected chi connectivity index (χ0v) is 8.01. The van der Waals surface area contributed by atoms with Crippen LogP contribution in [0.25, 0.3) is 0 Å². The average molecular weight is 207 g/mol. The number of nitrogens with two attached hydrogens (primary N) is 1. The largest absolute Gasteiger partial charge is 0.461 e. The van der Waals surface area contributed by atoms with Crippen LogP contribution in [0.3, 0.4) is 0 Å². The first-order chi connectivity index (χ1) is 7.04. The van der Waals surface area contributed by atoms with Gasteiger partial charge < -0.3 is 10.5 Å². The summed E-state index contributed by atoms with van der Waals surface area (Å²) in [7, 11) is 0. The number of nitrogen functional groups attached to an aromatic ring is 1. The van der Waals surface area contributed by atoms with Gasteiger partial charge in [-0.25, -0.2) is 0 Å². The molecule has 0 saturated heterocycles. The molecule has 0 aliphatic rings. The molecule has 0 spiro atoms. The van der Waals surface area contributed by atoms with E-state index in [0.29, 0.717) is 0 Å². The van der Waals surface area contributed by atoms with E-state index in [4.69, 9.17) is 16.9 Å². The number of nitro groups is 1. The molecule has 6 nitrogen and oxygen atoms in total. The van der Waals surface area contributed by atoms with Crippen LogP contribution in [-0.4, -0.2) is 16.0 Å². The summed E-state index contributed by atoms with van der Waals surface area (Å²) in [4.78, 5) is 13.5. The van der Waals surface area contributed by atoms with E-state index >= 15 is 0 Å². The quantitative estimate of drug-likeness (QED) is 0.453. The number of aromatic nitrogens is 1. The molecule has 1 atom stereocenters. The van der Waals surface area contributed by atoms with Crippen molar-refractivity contribution in [2.75, 3.05) is 5.73 Å². The fourth-order valence-electron chi connectivity index (χ4n) is 0.884. The standard InChI is InChI=1S/C9H9N3O3/c1-3-6(2)15-8-5-4-7(12(13)14)9(10)11-8/h1,4-6H,2H3,(H2,10,11). The van der Waals surface area contributed by atoms with Crippen molar-refractivity contribution in [3.63, 3.8) is 0 Å². The van der Waals surface area contributed by atoms with Gasteiger partial charge in [-0.05, 0) is 6.92 Å². The Morgan fingerprint density at radius 1 is 1.73 bits per heavy atom. The Labute approximate surface area is 86.2 Å². The van der Waals surface area contributed by atoms with Gasteiger partial charge in [0.15, 0.2) is 6.10 Å². The van der Waals surface area contributed by atoms with E-state index in [1.165, 1.54) is 12.1 Å². The van der Waals surface area contributed by atoms with Crippen LogP contribution in [-0.2, 0) is 0 Å². The van der Waals surface area contributed by atoms with E-state index in [1.807, 2.05) is 0 Å². The molecule has 1 unspecified atom stereocenters. The third kappa shape index (κ3) is 2.57. The van der Waals surface area contributed by atoms with Crippen molar-refractivity contribution < 1.29 is 9.66 Å². The minimum atomic E-state index is -0.614. The van der Waals surface area contributed by atoms with Gasteiger partial charge in [0.05, 0.1) is 4.92 Å². The summed E-state index contributed by atoms with van der Waals surface area (Å²) >= 11 is 0. The number of hydrogen-bond donors (Lipinski definition) is 1. The zero-order valence-electron chi connectivity index (χ0n) is 8.01. The fraction of sp³-hybridized carbons (Fsp3) is 0.222. The van der Waals surface area contributed by atoms with Crippen molar-refractivity contribution in [2.24, 2.45) is 0 Å². The highest BCUT2D eigenvalue weighted by Crippen LogP contribution is 2.22. The highest BCUT2D eigenvalue weighted by atomic mass is 16.6. The monoisotopic (exact) mass is 207 g/mol. The van der Waals surface area contributed by atoms with Gasteiger partial charge in [-0.3, -0.25) is 10.1 Å². The molecule has 0 fully saturated rings. The maximum Gasteiger partial charge on any atom is 0.311 e.